The number of carbonyl (C=O) groups excluding carboxylic acids is 1. The maximum absolute atomic E-state index is 11.8. The van der Waals surface area contributed by atoms with Crippen molar-refractivity contribution < 1.29 is 14.3 Å². The molecule has 1 N–H and O–H groups in total. The Kier molecular flexibility index (Phi) is 6.94. The first-order valence-corrected chi connectivity index (χ1v) is 8.69. The zero-order chi connectivity index (χ0) is 17.5. The van der Waals surface area contributed by atoms with Gasteiger partial charge < -0.3 is 14.8 Å². The normalized spacial score (nSPS) is 10.3. The van der Waals surface area contributed by atoms with Crippen LogP contribution in [0.1, 0.15) is 22.3 Å². The summed E-state index contributed by atoms with van der Waals surface area (Å²) in [5.74, 6) is 0.433. The lowest BCUT2D eigenvalue weighted by atomic mass is 10.2. The standard InChI is InChI=1S/C18H19BrClNO3/c1-12-10-14(5-6-16(12)20)24-9-3-8-21-17-7-4-13(19)11-15(17)18(22)23-2/h4-7,10-11,21H,3,8-9H2,1-2H3. The maximum atomic E-state index is 11.8. The highest BCUT2D eigenvalue weighted by Crippen LogP contribution is 2.23. The molecule has 4 nitrogen and oxygen atoms in total. The number of hydrogen-bond donors (Lipinski definition) is 1. The molecule has 0 spiro atoms. The van der Waals surface area contributed by atoms with Crippen LogP contribution >= 0.6 is 27.5 Å². The van der Waals surface area contributed by atoms with Crippen LogP contribution < -0.4 is 10.1 Å². The van der Waals surface area contributed by atoms with Gasteiger partial charge in [0.1, 0.15) is 5.75 Å². The molecule has 2 aromatic carbocycles. The van der Waals surface area contributed by atoms with E-state index in [4.69, 9.17) is 21.1 Å². The van der Waals surface area contributed by atoms with E-state index in [2.05, 4.69) is 21.2 Å². The largest absolute Gasteiger partial charge is 0.494 e. The van der Waals surface area contributed by atoms with Gasteiger partial charge in [0, 0.05) is 21.7 Å². The first kappa shape index (κ1) is 18.6. The van der Waals surface area contributed by atoms with E-state index in [1.807, 2.05) is 37.3 Å². The Labute approximate surface area is 155 Å². The zero-order valence-corrected chi connectivity index (χ0v) is 15.9. The van der Waals surface area contributed by atoms with Crippen LogP contribution in [0.25, 0.3) is 0 Å². The van der Waals surface area contributed by atoms with Crippen LogP contribution in [0, 0.1) is 6.92 Å². The lowest BCUT2D eigenvalue weighted by Crippen LogP contribution is -2.11. The highest BCUT2D eigenvalue weighted by molar-refractivity contribution is 9.10. The Hall–Kier alpha value is -1.72. The van der Waals surface area contributed by atoms with E-state index in [9.17, 15) is 4.79 Å². The number of hydrogen-bond acceptors (Lipinski definition) is 4. The summed E-state index contributed by atoms with van der Waals surface area (Å²) in [5.41, 5.74) is 2.23. The van der Waals surface area contributed by atoms with E-state index in [-0.39, 0.29) is 5.97 Å². The molecule has 24 heavy (non-hydrogen) atoms. The van der Waals surface area contributed by atoms with Crippen molar-refractivity contribution in [3.63, 3.8) is 0 Å². The molecule has 0 aliphatic carbocycles. The Bertz CT molecular complexity index is 721. The predicted octanol–water partition coefficient (Wildman–Crippen LogP) is 5.08. The van der Waals surface area contributed by atoms with Crippen molar-refractivity contribution >= 4 is 39.2 Å². The number of nitrogens with one attached hydrogen (secondary N) is 1. The molecule has 0 aromatic heterocycles. The number of esters is 1. The molecule has 0 amide bonds. The van der Waals surface area contributed by atoms with Gasteiger partial charge in [-0.1, -0.05) is 27.5 Å². The second-order valence-corrected chi connectivity index (χ2v) is 6.54. The van der Waals surface area contributed by atoms with Crippen LogP contribution in [0.2, 0.25) is 5.02 Å². The molecule has 0 heterocycles. The Morgan fingerprint density at radius 2 is 2.04 bits per heavy atom. The second kappa shape index (κ2) is 8.94. The molecule has 0 atom stereocenters. The summed E-state index contributed by atoms with van der Waals surface area (Å²) >= 11 is 9.35. The van der Waals surface area contributed by atoms with Crippen molar-refractivity contribution in [2.45, 2.75) is 13.3 Å². The fourth-order valence-corrected chi connectivity index (χ4v) is 2.62. The molecule has 6 heteroatoms. The van der Waals surface area contributed by atoms with Gasteiger partial charge in [0.15, 0.2) is 0 Å². The molecular weight excluding hydrogens is 394 g/mol. The molecule has 128 valence electrons. The average molecular weight is 413 g/mol. The van der Waals surface area contributed by atoms with Crippen molar-refractivity contribution in [2.75, 3.05) is 25.6 Å². The third-order valence-corrected chi connectivity index (χ3v) is 4.34. The minimum atomic E-state index is -0.369. The minimum Gasteiger partial charge on any atom is -0.494 e. The van der Waals surface area contributed by atoms with E-state index in [1.165, 1.54) is 7.11 Å². The zero-order valence-electron chi connectivity index (χ0n) is 13.6. The van der Waals surface area contributed by atoms with Gasteiger partial charge in [-0.3, -0.25) is 0 Å². The van der Waals surface area contributed by atoms with E-state index in [0.29, 0.717) is 18.7 Å². The number of methoxy groups -OCH3 is 1. The average Bonchev–Trinajstić information content (AvgIpc) is 2.58. The van der Waals surface area contributed by atoms with Crippen molar-refractivity contribution in [3.05, 3.63) is 57.0 Å². The van der Waals surface area contributed by atoms with Crippen LogP contribution in [-0.2, 0) is 4.74 Å². The predicted molar refractivity (Wildman–Crippen MR) is 100 cm³/mol. The van der Waals surface area contributed by atoms with Gasteiger partial charge in [0.05, 0.1) is 19.3 Å². The van der Waals surface area contributed by atoms with Crippen LogP contribution in [0.5, 0.6) is 5.75 Å². The fraction of sp³-hybridized carbons (Fsp3) is 0.278. The molecule has 0 radical (unpaired) electrons. The molecule has 0 fully saturated rings. The van der Waals surface area contributed by atoms with E-state index in [1.54, 1.807) is 6.07 Å². The fourth-order valence-electron chi connectivity index (χ4n) is 2.14. The van der Waals surface area contributed by atoms with Crippen molar-refractivity contribution in [1.82, 2.24) is 0 Å². The Morgan fingerprint density at radius 1 is 1.25 bits per heavy atom. The highest BCUT2D eigenvalue weighted by Gasteiger charge is 2.12. The van der Waals surface area contributed by atoms with Crippen LogP contribution in [0.15, 0.2) is 40.9 Å². The first-order valence-electron chi connectivity index (χ1n) is 7.52. The third kappa shape index (κ3) is 5.14. The van der Waals surface area contributed by atoms with Gasteiger partial charge in [-0.15, -0.1) is 0 Å². The lowest BCUT2D eigenvalue weighted by Gasteiger charge is -2.12. The van der Waals surface area contributed by atoms with Crippen molar-refractivity contribution in [1.29, 1.82) is 0 Å². The van der Waals surface area contributed by atoms with Gasteiger partial charge in [0.2, 0.25) is 0 Å². The van der Waals surface area contributed by atoms with Gasteiger partial charge in [-0.05, 0) is 55.3 Å². The monoisotopic (exact) mass is 411 g/mol. The molecule has 0 bridgehead atoms. The number of halogens is 2. The van der Waals surface area contributed by atoms with E-state index >= 15 is 0 Å². The summed E-state index contributed by atoms with van der Waals surface area (Å²) in [6.45, 7) is 3.19. The molecular formula is C18H19BrClNO3. The molecule has 2 aromatic rings. The molecule has 0 saturated carbocycles. The highest BCUT2D eigenvalue weighted by atomic mass is 79.9. The summed E-state index contributed by atoms with van der Waals surface area (Å²) in [7, 11) is 1.37. The van der Waals surface area contributed by atoms with Gasteiger partial charge >= 0.3 is 5.97 Å². The summed E-state index contributed by atoms with van der Waals surface area (Å²) < 4.78 is 11.3. The smallest absolute Gasteiger partial charge is 0.340 e. The quantitative estimate of drug-likeness (QED) is 0.509. The summed E-state index contributed by atoms with van der Waals surface area (Å²) in [6, 6.07) is 11.1. The van der Waals surface area contributed by atoms with Gasteiger partial charge in [-0.25, -0.2) is 4.79 Å². The summed E-state index contributed by atoms with van der Waals surface area (Å²) in [5, 5.41) is 3.97. The third-order valence-electron chi connectivity index (χ3n) is 3.42. The minimum absolute atomic E-state index is 0.369. The van der Waals surface area contributed by atoms with Crippen LogP contribution in [0.4, 0.5) is 5.69 Å². The lowest BCUT2D eigenvalue weighted by molar-refractivity contribution is 0.0601. The number of anilines is 1. The molecule has 0 aliphatic rings. The molecule has 0 saturated heterocycles. The number of rotatable bonds is 7. The van der Waals surface area contributed by atoms with Crippen LogP contribution in [0.3, 0.4) is 0 Å². The van der Waals surface area contributed by atoms with E-state index < -0.39 is 0 Å². The summed E-state index contributed by atoms with van der Waals surface area (Å²) in [4.78, 5) is 11.8. The number of benzene rings is 2. The number of carbonyl (C=O) groups is 1. The van der Waals surface area contributed by atoms with Crippen LogP contribution in [-0.4, -0.2) is 26.2 Å². The van der Waals surface area contributed by atoms with Crippen molar-refractivity contribution in [2.24, 2.45) is 0 Å². The Balaban J connectivity index is 1.84. The number of aryl methyl sites for hydroxylation is 1. The Morgan fingerprint density at radius 3 is 2.75 bits per heavy atom. The molecule has 2 rings (SSSR count). The van der Waals surface area contributed by atoms with E-state index in [0.717, 1.165) is 32.9 Å². The second-order valence-electron chi connectivity index (χ2n) is 5.22. The van der Waals surface area contributed by atoms with Gasteiger partial charge in [-0.2, -0.15) is 0 Å². The van der Waals surface area contributed by atoms with Gasteiger partial charge in [0.25, 0.3) is 0 Å². The SMILES string of the molecule is COC(=O)c1cc(Br)ccc1NCCCOc1ccc(Cl)c(C)c1. The summed E-state index contributed by atoms with van der Waals surface area (Å²) in [6.07, 6.45) is 0.790. The number of ether oxygens (including phenoxy) is 2. The molecule has 0 aliphatic heterocycles. The topological polar surface area (TPSA) is 47.6 Å². The molecule has 0 unspecified atom stereocenters. The first-order chi connectivity index (χ1) is 11.5. The van der Waals surface area contributed by atoms with Crippen molar-refractivity contribution in [3.8, 4) is 5.75 Å². The maximum Gasteiger partial charge on any atom is 0.340 e.